The Hall–Kier alpha value is -1.34. The lowest BCUT2D eigenvalue weighted by molar-refractivity contribution is 0.0728. The van der Waals surface area contributed by atoms with E-state index in [2.05, 4.69) is 5.32 Å². The number of nitrogen functional groups attached to an aromatic ring is 1. The van der Waals surface area contributed by atoms with Gasteiger partial charge in [0, 0.05) is 15.1 Å². The summed E-state index contributed by atoms with van der Waals surface area (Å²) >= 11 is 7.13. The molecule has 7 heteroatoms. The molecule has 20 heavy (non-hydrogen) atoms. The normalized spacial score (nSPS) is 11.8. The van der Waals surface area contributed by atoms with E-state index in [0.717, 1.165) is 10.1 Å². The van der Waals surface area contributed by atoms with Gasteiger partial charge in [0.1, 0.15) is 4.88 Å². The van der Waals surface area contributed by atoms with Crippen LogP contribution in [-0.4, -0.2) is 34.9 Å². The van der Waals surface area contributed by atoms with Gasteiger partial charge >= 0.3 is 0 Å². The molecule has 0 atom stereocenters. The van der Waals surface area contributed by atoms with Crippen LogP contribution in [0.1, 0.15) is 16.6 Å². The second kappa shape index (κ2) is 5.57. The second-order valence-electron chi connectivity index (χ2n) is 4.82. The van der Waals surface area contributed by atoms with Crippen molar-refractivity contribution in [3.8, 4) is 0 Å². The number of carbonyl (C=O) groups excluding carboxylic acids is 1. The molecule has 2 aromatic rings. The predicted octanol–water partition coefficient (Wildman–Crippen LogP) is 1.61. The van der Waals surface area contributed by atoms with E-state index in [0.29, 0.717) is 15.6 Å². The molecule has 5 nitrogen and oxygen atoms in total. The molecule has 108 valence electrons. The second-order valence-corrected chi connectivity index (χ2v) is 6.30. The van der Waals surface area contributed by atoms with Crippen LogP contribution < -0.4 is 11.1 Å². The number of aliphatic hydroxyl groups excluding tert-OH is 2. The van der Waals surface area contributed by atoms with Gasteiger partial charge in [0.05, 0.1) is 24.4 Å². The third-order valence-electron chi connectivity index (χ3n) is 3.01. The number of anilines is 1. The Bertz CT molecular complexity index is 652. The molecule has 0 saturated heterocycles. The van der Waals surface area contributed by atoms with Crippen molar-refractivity contribution in [2.45, 2.75) is 12.5 Å². The minimum Gasteiger partial charge on any atom is -0.397 e. The van der Waals surface area contributed by atoms with Crippen LogP contribution in [0.4, 0.5) is 5.69 Å². The Morgan fingerprint density at radius 2 is 2.10 bits per heavy atom. The highest BCUT2D eigenvalue weighted by Crippen LogP contribution is 2.35. The zero-order valence-electron chi connectivity index (χ0n) is 10.8. The van der Waals surface area contributed by atoms with E-state index in [-0.39, 0.29) is 13.2 Å². The summed E-state index contributed by atoms with van der Waals surface area (Å²) in [6.45, 7) is 0.809. The van der Waals surface area contributed by atoms with Crippen LogP contribution in [0.5, 0.6) is 0 Å². The maximum absolute atomic E-state index is 12.2. The molecule has 2 rings (SSSR count). The van der Waals surface area contributed by atoms with Crippen LogP contribution in [0, 0.1) is 0 Å². The molecule has 0 radical (unpaired) electrons. The van der Waals surface area contributed by atoms with Crippen LogP contribution in [0.25, 0.3) is 10.1 Å². The SMILES string of the molecule is CC(CO)(CO)NC(=O)c1sc2cc(Cl)ccc2c1N. The number of carbonyl (C=O) groups is 1. The van der Waals surface area contributed by atoms with Gasteiger partial charge in [-0.15, -0.1) is 11.3 Å². The smallest absolute Gasteiger partial charge is 0.264 e. The van der Waals surface area contributed by atoms with Gasteiger partial charge in [-0.1, -0.05) is 11.6 Å². The molecule has 0 spiro atoms. The molecule has 0 aliphatic carbocycles. The molecule has 1 heterocycles. The van der Waals surface area contributed by atoms with Crippen molar-refractivity contribution in [1.29, 1.82) is 0 Å². The lowest BCUT2D eigenvalue weighted by Crippen LogP contribution is -2.51. The van der Waals surface area contributed by atoms with Gasteiger partial charge in [-0.05, 0) is 25.1 Å². The largest absolute Gasteiger partial charge is 0.397 e. The summed E-state index contributed by atoms with van der Waals surface area (Å²) < 4.78 is 0.815. The highest BCUT2D eigenvalue weighted by atomic mass is 35.5. The van der Waals surface area contributed by atoms with Gasteiger partial charge in [-0.25, -0.2) is 0 Å². The number of aliphatic hydroxyl groups is 2. The molecule has 5 N–H and O–H groups in total. The lowest BCUT2D eigenvalue weighted by Gasteiger charge is -2.25. The quantitative estimate of drug-likeness (QED) is 0.689. The number of halogens is 1. The average molecular weight is 315 g/mol. The highest BCUT2D eigenvalue weighted by molar-refractivity contribution is 7.21. The summed E-state index contributed by atoms with van der Waals surface area (Å²) in [7, 11) is 0. The van der Waals surface area contributed by atoms with Gasteiger partial charge in [0.15, 0.2) is 0 Å². The Labute approximate surface area is 125 Å². The van der Waals surface area contributed by atoms with E-state index >= 15 is 0 Å². The molecule has 0 bridgehead atoms. The fourth-order valence-corrected chi connectivity index (χ4v) is 3.01. The van der Waals surface area contributed by atoms with Crippen molar-refractivity contribution in [2.75, 3.05) is 18.9 Å². The Balaban J connectivity index is 2.38. The van der Waals surface area contributed by atoms with E-state index in [1.54, 1.807) is 25.1 Å². The summed E-state index contributed by atoms with van der Waals surface area (Å²) in [5.74, 6) is -0.426. The summed E-state index contributed by atoms with van der Waals surface area (Å²) in [6, 6.07) is 5.21. The van der Waals surface area contributed by atoms with Gasteiger partial charge < -0.3 is 21.3 Å². The highest BCUT2D eigenvalue weighted by Gasteiger charge is 2.27. The molecule has 0 saturated carbocycles. The molecule has 1 aromatic carbocycles. The van der Waals surface area contributed by atoms with Crippen LogP contribution in [0.2, 0.25) is 5.02 Å². The van der Waals surface area contributed by atoms with Gasteiger partial charge in [-0.3, -0.25) is 4.79 Å². The monoisotopic (exact) mass is 314 g/mol. The van der Waals surface area contributed by atoms with Crippen LogP contribution in [0.3, 0.4) is 0 Å². The lowest BCUT2D eigenvalue weighted by atomic mass is 10.1. The average Bonchev–Trinajstić information content (AvgIpc) is 2.75. The summed E-state index contributed by atoms with van der Waals surface area (Å²) in [6.07, 6.45) is 0. The first-order chi connectivity index (χ1) is 9.40. The van der Waals surface area contributed by atoms with Crippen LogP contribution >= 0.6 is 22.9 Å². The first kappa shape index (κ1) is 15.1. The molecule has 1 amide bonds. The minimum atomic E-state index is -1.09. The molecule has 0 aliphatic heterocycles. The maximum Gasteiger partial charge on any atom is 0.264 e. The van der Waals surface area contributed by atoms with E-state index in [1.165, 1.54) is 11.3 Å². The number of nitrogens with two attached hydrogens (primary N) is 1. The first-order valence-corrected chi connectivity index (χ1v) is 7.11. The summed E-state index contributed by atoms with van der Waals surface area (Å²) in [4.78, 5) is 12.6. The van der Waals surface area contributed by atoms with Crippen LogP contribution in [-0.2, 0) is 0 Å². The van der Waals surface area contributed by atoms with Gasteiger partial charge in [0.2, 0.25) is 0 Å². The number of hydrogen-bond donors (Lipinski definition) is 4. The van der Waals surface area contributed by atoms with E-state index in [1.807, 2.05) is 0 Å². The number of thiophene rings is 1. The van der Waals surface area contributed by atoms with Gasteiger partial charge in [-0.2, -0.15) is 0 Å². The predicted molar refractivity (Wildman–Crippen MR) is 81.3 cm³/mol. The molecule has 0 aliphatic rings. The molecule has 0 fully saturated rings. The number of hydrogen-bond acceptors (Lipinski definition) is 5. The molecular weight excluding hydrogens is 300 g/mol. The maximum atomic E-state index is 12.2. The zero-order valence-corrected chi connectivity index (χ0v) is 12.4. The third-order valence-corrected chi connectivity index (χ3v) is 4.41. The topological polar surface area (TPSA) is 95.6 Å². The van der Waals surface area contributed by atoms with Crippen molar-refractivity contribution in [3.63, 3.8) is 0 Å². The number of benzene rings is 1. The van der Waals surface area contributed by atoms with E-state index in [9.17, 15) is 15.0 Å². The summed E-state index contributed by atoms with van der Waals surface area (Å²) in [5, 5.41) is 22.3. The third kappa shape index (κ3) is 2.73. The molecule has 0 unspecified atom stereocenters. The van der Waals surface area contributed by atoms with Crippen molar-refractivity contribution in [1.82, 2.24) is 5.32 Å². The number of nitrogens with one attached hydrogen (secondary N) is 1. The Kier molecular flexibility index (Phi) is 4.19. The fourth-order valence-electron chi connectivity index (χ4n) is 1.72. The fraction of sp³-hybridized carbons (Fsp3) is 0.308. The van der Waals surface area contributed by atoms with Crippen molar-refractivity contribution in [2.24, 2.45) is 0 Å². The Morgan fingerprint density at radius 1 is 1.45 bits per heavy atom. The van der Waals surface area contributed by atoms with Gasteiger partial charge in [0.25, 0.3) is 5.91 Å². The van der Waals surface area contributed by atoms with E-state index in [4.69, 9.17) is 17.3 Å². The first-order valence-electron chi connectivity index (χ1n) is 5.92. The number of rotatable bonds is 4. The molecule has 1 aromatic heterocycles. The summed E-state index contributed by atoms with van der Waals surface area (Å²) in [5.41, 5.74) is 5.26. The number of amides is 1. The Morgan fingerprint density at radius 3 is 2.70 bits per heavy atom. The zero-order chi connectivity index (χ0) is 14.9. The molecular formula is C13H15ClN2O3S. The standard InChI is InChI=1S/C13H15ClN2O3S/c1-13(5-17,6-18)16-12(19)11-10(15)8-3-2-7(14)4-9(8)20-11/h2-4,17-18H,5-6,15H2,1H3,(H,16,19). The van der Waals surface area contributed by atoms with Crippen molar-refractivity contribution >= 4 is 44.6 Å². The van der Waals surface area contributed by atoms with E-state index < -0.39 is 11.4 Å². The van der Waals surface area contributed by atoms with Crippen LogP contribution in [0.15, 0.2) is 18.2 Å². The number of fused-ring (bicyclic) bond motifs is 1. The van der Waals surface area contributed by atoms with Crippen molar-refractivity contribution in [3.05, 3.63) is 28.1 Å². The minimum absolute atomic E-state index is 0.343. The van der Waals surface area contributed by atoms with Crippen molar-refractivity contribution < 1.29 is 15.0 Å².